The topological polar surface area (TPSA) is 91.0 Å². The molecule has 140 valence electrons. The number of halogens is 1. The summed E-state index contributed by atoms with van der Waals surface area (Å²) in [6.45, 7) is 0.138. The van der Waals surface area contributed by atoms with Gasteiger partial charge in [0, 0.05) is 5.56 Å². The van der Waals surface area contributed by atoms with Crippen LogP contribution in [0.3, 0.4) is 0 Å². The maximum atomic E-state index is 14.4. The van der Waals surface area contributed by atoms with Crippen LogP contribution in [-0.4, -0.2) is 31.9 Å². The molecule has 2 aromatic carbocycles. The Hall–Kier alpha value is -3.48. The number of ether oxygens (including phenoxy) is 2. The SMILES string of the molecule is COC(=O)C(N)=C(C(=O)OC)C(=NCc1ccccc1)c1ccccc1F. The Bertz CT molecular complexity index is 892. The van der Waals surface area contributed by atoms with Gasteiger partial charge in [0.05, 0.1) is 26.5 Å². The van der Waals surface area contributed by atoms with E-state index in [-0.39, 0.29) is 23.4 Å². The van der Waals surface area contributed by atoms with Gasteiger partial charge in [-0.1, -0.05) is 42.5 Å². The lowest BCUT2D eigenvalue weighted by Gasteiger charge is -2.13. The summed E-state index contributed by atoms with van der Waals surface area (Å²) in [7, 11) is 2.25. The molecule has 0 aliphatic carbocycles. The largest absolute Gasteiger partial charge is 0.465 e. The van der Waals surface area contributed by atoms with Crippen molar-refractivity contribution in [1.29, 1.82) is 0 Å². The van der Waals surface area contributed by atoms with Crippen LogP contribution in [0.1, 0.15) is 11.1 Å². The Morgan fingerprint density at radius 1 is 0.963 bits per heavy atom. The maximum absolute atomic E-state index is 14.4. The fourth-order valence-corrected chi connectivity index (χ4v) is 2.35. The number of methoxy groups -OCH3 is 2. The van der Waals surface area contributed by atoms with Gasteiger partial charge in [0.25, 0.3) is 0 Å². The standard InChI is InChI=1S/C20H19FN2O4/c1-26-19(24)16(17(22)20(25)27-2)18(14-10-6-7-11-15(14)21)23-12-13-8-4-3-5-9-13/h3-11H,12,22H2,1-2H3. The minimum Gasteiger partial charge on any atom is -0.465 e. The first-order valence-electron chi connectivity index (χ1n) is 7.99. The molecule has 0 spiro atoms. The van der Waals surface area contributed by atoms with Crippen molar-refractivity contribution < 1.29 is 23.5 Å². The van der Waals surface area contributed by atoms with E-state index in [2.05, 4.69) is 9.73 Å². The quantitative estimate of drug-likeness (QED) is 0.479. The van der Waals surface area contributed by atoms with Gasteiger partial charge < -0.3 is 15.2 Å². The van der Waals surface area contributed by atoms with Gasteiger partial charge in [-0.2, -0.15) is 0 Å². The number of nitrogens with zero attached hydrogens (tertiary/aromatic N) is 1. The first-order chi connectivity index (χ1) is 13.0. The molecule has 0 aromatic heterocycles. The zero-order valence-corrected chi connectivity index (χ0v) is 14.9. The third kappa shape index (κ3) is 4.78. The maximum Gasteiger partial charge on any atom is 0.354 e. The van der Waals surface area contributed by atoms with Crippen molar-refractivity contribution in [2.75, 3.05) is 14.2 Å². The zero-order valence-electron chi connectivity index (χ0n) is 14.9. The minimum atomic E-state index is -0.945. The molecule has 0 radical (unpaired) electrons. The smallest absolute Gasteiger partial charge is 0.354 e. The number of hydrogen-bond acceptors (Lipinski definition) is 6. The highest BCUT2D eigenvalue weighted by atomic mass is 19.1. The summed E-state index contributed by atoms with van der Waals surface area (Å²) < 4.78 is 23.8. The summed E-state index contributed by atoms with van der Waals surface area (Å²) in [5.74, 6) is -2.49. The second-order valence-corrected chi connectivity index (χ2v) is 5.40. The van der Waals surface area contributed by atoms with Crippen molar-refractivity contribution in [3.05, 3.63) is 82.8 Å². The average molecular weight is 370 g/mol. The summed E-state index contributed by atoms with van der Waals surface area (Å²) in [6, 6.07) is 14.9. The second-order valence-electron chi connectivity index (χ2n) is 5.40. The van der Waals surface area contributed by atoms with Crippen LogP contribution in [-0.2, 0) is 25.6 Å². The Morgan fingerprint density at radius 3 is 2.15 bits per heavy atom. The molecule has 7 heteroatoms. The van der Waals surface area contributed by atoms with Gasteiger partial charge in [-0.3, -0.25) is 4.99 Å². The van der Waals surface area contributed by atoms with Gasteiger partial charge in [-0.15, -0.1) is 0 Å². The molecule has 0 heterocycles. The van der Waals surface area contributed by atoms with Crippen LogP contribution in [0.2, 0.25) is 0 Å². The molecular formula is C20H19FN2O4. The monoisotopic (exact) mass is 370 g/mol. The van der Waals surface area contributed by atoms with Crippen LogP contribution < -0.4 is 5.73 Å². The summed E-state index contributed by atoms with van der Waals surface area (Å²) in [5.41, 5.74) is 5.69. The molecule has 0 aliphatic rings. The Kier molecular flexibility index (Phi) is 6.82. The van der Waals surface area contributed by atoms with E-state index < -0.39 is 23.5 Å². The molecule has 2 aromatic rings. The molecule has 0 amide bonds. The van der Waals surface area contributed by atoms with Gasteiger partial charge >= 0.3 is 11.9 Å². The molecule has 6 nitrogen and oxygen atoms in total. The van der Waals surface area contributed by atoms with E-state index in [0.717, 1.165) is 19.8 Å². The normalized spacial score (nSPS) is 12.2. The average Bonchev–Trinajstić information content (AvgIpc) is 2.71. The van der Waals surface area contributed by atoms with Crippen molar-refractivity contribution in [3.63, 3.8) is 0 Å². The molecule has 2 N–H and O–H groups in total. The summed E-state index contributed by atoms with van der Waals surface area (Å²) in [4.78, 5) is 28.6. The second kappa shape index (κ2) is 9.28. The Morgan fingerprint density at radius 2 is 1.56 bits per heavy atom. The summed E-state index contributed by atoms with van der Waals surface area (Å²) in [6.07, 6.45) is 0. The van der Waals surface area contributed by atoms with Crippen molar-refractivity contribution in [2.24, 2.45) is 10.7 Å². The molecule has 0 saturated carbocycles. The van der Waals surface area contributed by atoms with E-state index in [9.17, 15) is 14.0 Å². The molecule has 0 aliphatic heterocycles. The highest BCUT2D eigenvalue weighted by molar-refractivity contribution is 6.29. The lowest BCUT2D eigenvalue weighted by atomic mass is 9.99. The Labute approximate surface area is 156 Å². The van der Waals surface area contributed by atoms with Crippen LogP contribution in [0, 0.1) is 5.82 Å². The van der Waals surface area contributed by atoms with E-state index in [1.165, 1.54) is 18.2 Å². The minimum absolute atomic E-state index is 0.0145. The number of carbonyl (C=O) groups excluding carboxylic acids is 2. The number of nitrogens with two attached hydrogens (primary N) is 1. The highest BCUT2D eigenvalue weighted by Gasteiger charge is 2.27. The molecule has 2 rings (SSSR count). The zero-order chi connectivity index (χ0) is 19.8. The summed E-state index contributed by atoms with van der Waals surface area (Å²) in [5, 5.41) is 0. The third-order valence-corrected chi connectivity index (χ3v) is 3.69. The predicted octanol–water partition coefficient (Wildman–Crippen LogP) is 2.37. The molecule has 0 unspecified atom stereocenters. The van der Waals surface area contributed by atoms with Gasteiger partial charge in [0.2, 0.25) is 0 Å². The number of benzene rings is 2. The van der Waals surface area contributed by atoms with Gasteiger partial charge in [0.1, 0.15) is 17.1 Å². The molecule has 0 saturated heterocycles. The predicted molar refractivity (Wildman–Crippen MR) is 98.3 cm³/mol. The number of rotatable bonds is 6. The van der Waals surface area contributed by atoms with Gasteiger partial charge in [-0.05, 0) is 17.7 Å². The van der Waals surface area contributed by atoms with Crippen LogP contribution in [0.5, 0.6) is 0 Å². The molecule has 0 atom stereocenters. The lowest BCUT2D eigenvalue weighted by Crippen LogP contribution is -2.26. The molecular weight excluding hydrogens is 351 g/mol. The number of esters is 2. The fraction of sp³-hybridized carbons (Fsp3) is 0.150. The number of carbonyl (C=O) groups is 2. The summed E-state index contributed by atoms with van der Waals surface area (Å²) >= 11 is 0. The van der Waals surface area contributed by atoms with Crippen molar-refractivity contribution in [1.82, 2.24) is 0 Å². The van der Waals surface area contributed by atoms with Crippen LogP contribution in [0.15, 0.2) is 70.9 Å². The van der Waals surface area contributed by atoms with Gasteiger partial charge in [-0.25, -0.2) is 14.0 Å². The van der Waals surface area contributed by atoms with E-state index in [1.54, 1.807) is 6.07 Å². The highest BCUT2D eigenvalue weighted by Crippen LogP contribution is 2.18. The Balaban J connectivity index is 2.67. The van der Waals surface area contributed by atoms with Gasteiger partial charge in [0.15, 0.2) is 0 Å². The fourth-order valence-electron chi connectivity index (χ4n) is 2.35. The van der Waals surface area contributed by atoms with Crippen molar-refractivity contribution >= 4 is 17.7 Å². The van der Waals surface area contributed by atoms with Crippen LogP contribution >= 0.6 is 0 Å². The molecule has 0 bridgehead atoms. The van der Waals surface area contributed by atoms with E-state index >= 15 is 0 Å². The van der Waals surface area contributed by atoms with Crippen LogP contribution in [0.25, 0.3) is 0 Å². The van der Waals surface area contributed by atoms with E-state index in [1.807, 2.05) is 30.3 Å². The number of aliphatic imine (C=N–C) groups is 1. The van der Waals surface area contributed by atoms with E-state index in [4.69, 9.17) is 10.5 Å². The first-order valence-corrected chi connectivity index (χ1v) is 7.99. The van der Waals surface area contributed by atoms with Crippen molar-refractivity contribution in [2.45, 2.75) is 6.54 Å². The van der Waals surface area contributed by atoms with Crippen molar-refractivity contribution in [3.8, 4) is 0 Å². The third-order valence-electron chi connectivity index (χ3n) is 3.69. The number of hydrogen-bond donors (Lipinski definition) is 1. The van der Waals surface area contributed by atoms with Crippen LogP contribution in [0.4, 0.5) is 4.39 Å². The molecule has 0 fully saturated rings. The molecule has 27 heavy (non-hydrogen) atoms. The first kappa shape index (κ1) is 19.8. The van der Waals surface area contributed by atoms with E-state index in [0.29, 0.717) is 0 Å². The lowest BCUT2D eigenvalue weighted by molar-refractivity contribution is -0.138.